The van der Waals surface area contributed by atoms with Crippen molar-refractivity contribution in [3.05, 3.63) is 0 Å². The molecule has 2 atom stereocenters. The van der Waals surface area contributed by atoms with Gasteiger partial charge in [-0.05, 0) is 12.8 Å². The smallest absolute Gasteiger partial charge is 0.326 e. The van der Waals surface area contributed by atoms with E-state index in [0.29, 0.717) is 13.0 Å². The molecule has 94 valence electrons. The molecule has 3 N–H and O–H groups in total. The van der Waals surface area contributed by atoms with Crippen LogP contribution in [0.15, 0.2) is 0 Å². The standard InChI is InChI=1S/C10H20N2O4/c1-4-7(6-16-3)11-10(15)12-8(5-2)9(13)14/h7-8H,4-6H2,1-3H3,(H,13,14)(H2,11,12,15)/t7?,8-/m0/s1. The van der Waals surface area contributed by atoms with Crippen LogP contribution in [0.4, 0.5) is 4.79 Å². The van der Waals surface area contributed by atoms with Gasteiger partial charge in [0.1, 0.15) is 6.04 Å². The molecule has 6 heteroatoms. The zero-order valence-corrected chi connectivity index (χ0v) is 9.95. The first-order valence-electron chi connectivity index (χ1n) is 5.33. The van der Waals surface area contributed by atoms with Gasteiger partial charge in [0.25, 0.3) is 0 Å². The Bertz CT molecular complexity index is 233. The average molecular weight is 232 g/mol. The van der Waals surface area contributed by atoms with Crippen molar-refractivity contribution < 1.29 is 19.4 Å². The third-order valence-corrected chi connectivity index (χ3v) is 2.21. The molecular weight excluding hydrogens is 212 g/mol. The number of carbonyl (C=O) groups excluding carboxylic acids is 1. The Labute approximate surface area is 95.4 Å². The van der Waals surface area contributed by atoms with Gasteiger partial charge in [-0.2, -0.15) is 0 Å². The maximum absolute atomic E-state index is 11.4. The summed E-state index contributed by atoms with van der Waals surface area (Å²) in [5, 5.41) is 13.8. The van der Waals surface area contributed by atoms with Crippen LogP contribution in [0.2, 0.25) is 0 Å². The third-order valence-electron chi connectivity index (χ3n) is 2.21. The molecule has 2 amide bonds. The van der Waals surface area contributed by atoms with Gasteiger partial charge in [-0.25, -0.2) is 9.59 Å². The molecule has 0 aromatic heterocycles. The summed E-state index contributed by atoms with van der Waals surface area (Å²) in [4.78, 5) is 22.1. The van der Waals surface area contributed by atoms with E-state index < -0.39 is 18.0 Å². The maximum atomic E-state index is 11.4. The van der Waals surface area contributed by atoms with E-state index in [4.69, 9.17) is 9.84 Å². The molecule has 0 bridgehead atoms. The van der Waals surface area contributed by atoms with E-state index in [1.807, 2.05) is 6.92 Å². The lowest BCUT2D eigenvalue weighted by Gasteiger charge is -2.18. The first-order chi connectivity index (χ1) is 7.54. The highest BCUT2D eigenvalue weighted by Gasteiger charge is 2.18. The molecule has 0 aromatic rings. The zero-order valence-electron chi connectivity index (χ0n) is 9.95. The number of methoxy groups -OCH3 is 1. The van der Waals surface area contributed by atoms with Gasteiger partial charge >= 0.3 is 12.0 Å². The van der Waals surface area contributed by atoms with Crippen molar-refractivity contribution in [2.75, 3.05) is 13.7 Å². The Hall–Kier alpha value is -1.30. The Kier molecular flexibility index (Phi) is 7.28. The highest BCUT2D eigenvalue weighted by atomic mass is 16.5. The van der Waals surface area contributed by atoms with Crippen LogP contribution < -0.4 is 10.6 Å². The van der Waals surface area contributed by atoms with Gasteiger partial charge in [0.2, 0.25) is 0 Å². The SMILES string of the molecule is CCC(COC)NC(=O)N[C@@H](CC)C(=O)O. The highest BCUT2D eigenvalue weighted by molar-refractivity contribution is 5.82. The number of rotatable bonds is 7. The van der Waals surface area contributed by atoms with Gasteiger partial charge in [-0.3, -0.25) is 0 Å². The fraction of sp³-hybridized carbons (Fsp3) is 0.800. The summed E-state index contributed by atoms with van der Waals surface area (Å²) >= 11 is 0. The maximum Gasteiger partial charge on any atom is 0.326 e. The molecule has 0 aliphatic carbocycles. The van der Waals surface area contributed by atoms with Crippen molar-refractivity contribution >= 4 is 12.0 Å². The summed E-state index contributed by atoms with van der Waals surface area (Å²) in [5.41, 5.74) is 0. The number of hydrogen-bond donors (Lipinski definition) is 3. The van der Waals surface area contributed by atoms with Crippen molar-refractivity contribution in [3.8, 4) is 0 Å². The third kappa shape index (κ3) is 5.55. The van der Waals surface area contributed by atoms with E-state index >= 15 is 0 Å². The second kappa shape index (κ2) is 7.92. The molecule has 0 aliphatic rings. The fourth-order valence-electron chi connectivity index (χ4n) is 1.19. The monoisotopic (exact) mass is 232 g/mol. The van der Waals surface area contributed by atoms with Gasteiger partial charge in [0, 0.05) is 7.11 Å². The summed E-state index contributed by atoms with van der Waals surface area (Å²) in [6.45, 7) is 4.03. The molecule has 0 saturated heterocycles. The molecule has 0 heterocycles. The van der Waals surface area contributed by atoms with E-state index in [-0.39, 0.29) is 6.04 Å². The van der Waals surface area contributed by atoms with Crippen molar-refractivity contribution in [1.82, 2.24) is 10.6 Å². The van der Waals surface area contributed by atoms with E-state index in [9.17, 15) is 9.59 Å². The number of aliphatic carboxylic acids is 1. The molecule has 0 aliphatic heterocycles. The highest BCUT2D eigenvalue weighted by Crippen LogP contribution is 1.94. The van der Waals surface area contributed by atoms with Gasteiger partial charge in [-0.15, -0.1) is 0 Å². The summed E-state index contributed by atoms with van der Waals surface area (Å²) in [6.07, 6.45) is 1.08. The fourth-order valence-corrected chi connectivity index (χ4v) is 1.19. The van der Waals surface area contributed by atoms with Crippen molar-refractivity contribution in [2.45, 2.75) is 38.8 Å². The average Bonchev–Trinajstić information content (AvgIpc) is 2.24. The second-order valence-electron chi connectivity index (χ2n) is 3.48. The summed E-state index contributed by atoms with van der Waals surface area (Å²) in [7, 11) is 1.55. The minimum Gasteiger partial charge on any atom is -0.480 e. The number of hydrogen-bond acceptors (Lipinski definition) is 3. The van der Waals surface area contributed by atoms with Crippen LogP contribution >= 0.6 is 0 Å². The second-order valence-corrected chi connectivity index (χ2v) is 3.48. The van der Waals surface area contributed by atoms with Gasteiger partial charge < -0.3 is 20.5 Å². The normalized spacial score (nSPS) is 13.9. The molecule has 0 fully saturated rings. The first kappa shape index (κ1) is 14.7. The number of amides is 2. The molecule has 16 heavy (non-hydrogen) atoms. The summed E-state index contributed by atoms with van der Waals surface area (Å²) < 4.78 is 4.92. The lowest BCUT2D eigenvalue weighted by Crippen LogP contribution is -2.49. The predicted molar refractivity (Wildman–Crippen MR) is 59.3 cm³/mol. The quantitative estimate of drug-likeness (QED) is 0.599. The summed E-state index contributed by atoms with van der Waals surface area (Å²) in [5.74, 6) is -1.03. The number of carboxylic acids is 1. The number of urea groups is 1. The van der Waals surface area contributed by atoms with Gasteiger partial charge in [0.05, 0.1) is 12.6 Å². The molecule has 0 spiro atoms. The van der Waals surface area contributed by atoms with Crippen molar-refractivity contribution in [3.63, 3.8) is 0 Å². The Balaban J connectivity index is 4.09. The predicted octanol–water partition coefficient (Wildman–Crippen LogP) is 0.574. The molecule has 0 aromatic carbocycles. The number of carbonyl (C=O) groups is 2. The van der Waals surface area contributed by atoms with E-state index in [1.165, 1.54) is 0 Å². The van der Waals surface area contributed by atoms with Gasteiger partial charge in [0.15, 0.2) is 0 Å². The van der Waals surface area contributed by atoms with Crippen LogP contribution in [0.3, 0.4) is 0 Å². The minimum absolute atomic E-state index is 0.101. The van der Waals surface area contributed by atoms with Crippen LogP contribution in [0.5, 0.6) is 0 Å². The Morgan fingerprint density at radius 3 is 2.25 bits per heavy atom. The zero-order chi connectivity index (χ0) is 12.6. The van der Waals surface area contributed by atoms with E-state index in [2.05, 4.69) is 10.6 Å². The van der Waals surface area contributed by atoms with E-state index in [1.54, 1.807) is 14.0 Å². The van der Waals surface area contributed by atoms with E-state index in [0.717, 1.165) is 6.42 Å². The van der Waals surface area contributed by atoms with Crippen LogP contribution in [0.1, 0.15) is 26.7 Å². The molecule has 6 nitrogen and oxygen atoms in total. The lowest BCUT2D eigenvalue weighted by atomic mass is 10.2. The number of ether oxygens (including phenoxy) is 1. The molecular formula is C10H20N2O4. The van der Waals surface area contributed by atoms with Crippen LogP contribution in [-0.4, -0.2) is 42.9 Å². The molecule has 0 saturated carbocycles. The molecule has 0 rings (SSSR count). The van der Waals surface area contributed by atoms with Crippen LogP contribution in [0.25, 0.3) is 0 Å². The summed E-state index contributed by atoms with van der Waals surface area (Å²) in [6, 6.07) is -1.42. The van der Waals surface area contributed by atoms with Crippen molar-refractivity contribution in [2.24, 2.45) is 0 Å². The largest absolute Gasteiger partial charge is 0.480 e. The van der Waals surface area contributed by atoms with Crippen molar-refractivity contribution in [1.29, 1.82) is 0 Å². The minimum atomic E-state index is -1.03. The Morgan fingerprint density at radius 1 is 1.25 bits per heavy atom. The Morgan fingerprint density at radius 2 is 1.88 bits per heavy atom. The van der Waals surface area contributed by atoms with Gasteiger partial charge in [-0.1, -0.05) is 13.8 Å². The lowest BCUT2D eigenvalue weighted by molar-refractivity contribution is -0.139. The topological polar surface area (TPSA) is 87.7 Å². The van der Waals surface area contributed by atoms with Crippen LogP contribution in [-0.2, 0) is 9.53 Å². The first-order valence-corrected chi connectivity index (χ1v) is 5.33. The van der Waals surface area contributed by atoms with Crippen LogP contribution in [0, 0.1) is 0 Å². The number of carboxylic acid groups (broad SMARTS) is 1. The molecule has 1 unspecified atom stereocenters. The molecule has 0 radical (unpaired) electrons. The number of nitrogens with one attached hydrogen (secondary N) is 2.